The number of hydrogen-bond donors (Lipinski definition) is 5. The monoisotopic (exact) mass is 508 g/mol. The lowest BCUT2D eigenvalue weighted by atomic mass is 10.2. The zero-order chi connectivity index (χ0) is 23.2. The van der Waals surface area contributed by atoms with Gasteiger partial charge in [0.05, 0.1) is 22.4 Å². The van der Waals surface area contributed by atoms with E-state index in [0.29, 0.717) is 49.0 Å². The summed E-state index contributed by atoms with van der Waals surface area (Å²) in [4.78, 5) is 40.2. The molecule has 0 aliphatic carbocycles. The molecule has 0 radical (unpaired) electrons. The lowest BCUT2D eigenvalue weighted by Crippen LogP contribution is -2.22. The second-order valence-corrected chi connectivity index (χ2v) is 10.3. The Morgan fingerprint density at radius 1 is 1.45 bits per heavy atom. The van der Waals surface area contributed by atoms with Crippen molar-refractivity contribution >= 4 is 59.4 Å². The zero-order valence-corrected chi connectivity index (χ0v) is 20.0. The van der Waals surface area contributed by atoms with E-state index in [2.05, 4.69) is 14.5 Å². The van der Waals surface area contributed by atoms with Gasteiger partial charge in [-0.3, -0.25) is 9.32 Å². The molecule has 0 saturated carbocycles. The number of nitrogen functional groups attached to an aromatic ring is 1. The fraction of sp³-hybridized carbons (Fsp3) is 0.294. The van der Waals surface area contributed by atoms with E-state index in [1.807, 2.05) is 0 Å². The topological polar surface area (TPSA) is 159 Å². The summed E-state index contributed by atoms with van der Waals surface area (Å²) in [6.07, 6.45) is 2.16. The van der Waals surface area contributed by atoms with Gasteiger partial charge in [0.25, 0.3) is 0 Å². The number of nitrogens with zero attached hydrogens (tertiary/aromatic N) is 3. The maximum atomic E-state index is 11.8. The normalized spacial score (nSPS) is 13.4. The summed E-state index contributed by atoms with van der Waals surface area (Å²) >= 11 is 7.42. The Labute approximate surface area is 191 Å². The van der Waals surface area contributed by atoms with Crippen molar-refractivity contribution in [2.75, 3.05) is 12.3 Å². The van der Waals surface area contributed by atoms with Gasteiger partial charge in [-0.25, -0.2) is 14.5 Å². The van der Waals surface area contributed by atoms with Crippen molar-refractivity contribution in [2.45, 2.75) is 26.8 Å². The van der Waals surface area contributed by atoms with Gasteiger partial charge < -0.3 is 25.5 Å². The molecule has 1 amide bonds. The number of halogens is 1. The molecule has 0 saturated heterocycles. The van der Waals surface area contributed by atoms with E-state index in [9.17, 15) is 14.5 Å². The Morgan fingerprint density at radius 2 is 2.16 bits per heavy atom. The molecule has 5 N–H and O–H groups in total. The molecule has 0 bridgehead atoms. The summed E-state index contributed by atoms with van der Waals surface area (Å²) in [5, 5.41) is 10.5. The van der Waals surface area contributed by atoms with Crippen molar-refractivity contribution in [1.29, 1.82) is 0 Å². The largest absolute Gasteiger partial charge is 0.469 e. The van der Waals surface area contributed by atoms with Crippen molar-refractivity contribution in [3.05, 3.63) is 49.5 Å². The average molecular weight is 509 g/mol. The summed E-state index contributed by atoms with van der Waals surface area (Å²) in [6.45, 7) is 3.10. The Kier molecular flexibility index (Phi) is 9.34. The van der Waals surface area contributed by atoms with Crippen LogP contribution in [0.1, 0.15) is 29.6 Å². The third kappa shape index (κ3) is 8.09. The number of hydrogen-bond acceptors (Lipinski definition) is 7. The summed E-state index contributed by atoms with van der Waals surface area (Å²) in [5.41, 5.74) is 6.90. The first-order valence-electron chi connectivity index (χ1n) is 8.73. The molecule has 0 atom stereocenters. The highest BCUT2D eigenvalue weighted by Gasteiger charge is 2.17. The van der Waals surface area contributed by atoms with Crippen molar-refractivity contribution in [1.82, 2.24) is 14.9 Å². The van der Waals surface area contributed by atoms with Gasteiger partial charge in [-0.05, 0) is 26.0 Å². The number of aryl methyl sites for hydroxylation is 1. The van der Waals surface area contributed by atoms with Crippen LogP contribution in [0, 0.1) is 6.92 Å². The van der Waals surface area contributed by atoms with Gasteiger partial charge in [0.1, 0.15) is 16.7 Å². The molecule has 0 unspecified atom stereocenters. The minimum absolute atomic E-state index is 0.0218. The van der Waals surface area contributed by atoms with Gasteiger partial charge in [0.15, 0.2) is 0 Å². The van der Waals surface area contributed by atoms with Crippen LogP contribution in [0.25, 0.3) is 0 Å². The molecule has 0 fully saturated rings. The number of aliphatic hydroxyl groups excluding tert-OH is 1. The molecule has 2 aromatic heterocycles. The Balaban J connectivity index is 2.38. The third-order valence-electron chi connectivity index (χ3n) is 3.97. The van der Waals surface area contributed by atoms with Crippen LogP contribution in [0.15, 0.2) is 28.9 Å². The first kappa shape index (κ1) is 25.6. The number of aromatic nitrogens is 2. The van der Waals surface area contributed by atoms with E-state index in [4.69, 9.17) is 27.1 Å². The van der Waals surface area contributed by atoms with Crippen LogP contribution in [0.4, 0.5) is 5.82 Å². The zero-order valence-electron chi connectivity index (χ0n) is 16.6. The molecule has 31 heavy (non-hydrogen) atoms. The maximum Gasteiger partial charge on any atom is 0.469 e. The van der Waals surface area contributed by atoms with Gasteiger partial charge in [-0.1, -0.05) is 11.6 Å². The summed E-state index contributed by atoms with van der Waals surface area (Å²) in [7, 11) is -4.66. The van der Waals surface area contributed by atoms with E-state index in [-0.39, 0.29) is 30.4 Å². The number of aliphatic hydroxyl groups is 1. The van der Waals surface area contributed by atoms with E-state index >= 15 is 0 Å². The van der Waals surface area contributed by atoms with E-state index in [0.717, 1.165) is 0 Å². The third-order valence-corrected chi connectivity index (χ3v) is 7.15. The number of nitrogens with two attached hydrogens (primary N) is 1. The number of amides is 1. The van der Waals surface area contributed by atoms with E-state index in [1.165, 1.54) is 22.4 Å². The number of thiophene rings is 1. The second-order valence-electron chi connectivity index (χ2n) is 6.21. The number of allylic oxidation sites excluding steroid dienone is 1. The molecule has 0 aromatic carbocycles. The Hall–Kier alpha value is -1.63. The highest BCUT2D eigenvalue weighted by atomic mass is 35.5. The minimum Gasteiger partial charge on any atom is -0.383 e. The molecule has 14 heteroatoms. The predicted octanol–water partition coefficient (Wildman–Crippen LogP) is 2.97. The number of phosphoric acid groups is 1. The molecule has 2 aromatic rings. The van der Waals surface area contributed by atoms with Crippen LogP contribution < -0.4 is 5.73 Å². The van der Waals surface area contributed by atoms with E-state index < -0.39 is 7.82 Å². The van der Waals surface area contributed by atoms with Gasteiger partial charge in [0, 0.05) is 28.8 Å². The first-order chi connectivity index (χ1) is 14.5. The van der Waals surface area contributed by atoms with Crippen molar-refractivity contribution < 1.29 is 28.8 Å². The van der Waals surface area contributed by atoms with Crippen LogP contribution >= 0.6 is 42.1 Å². The minimum atomic E-state index is -4.66. The predicted molar refractivity (Wildman–Crippen MR) is 123 cm³/mol. The second kappa shape index (κ2) is 11.3. The summed E-state index contributed by atoms with van der Waals surface area (Å²) < 4.78 is 16.0. The van der Waals surface area contributed by atoms with Crippen LogP contribution in [0.2, 0.25) is 4.34 Å². The van der Waals surface area contributed by atoms with Gasteiger partial charge in [-0.15, -0.1) is 22.7 Å². The smallest absolute Gasteiger partial charge is 0.383 e. The van der Waals surface area contributed by atoms with Crippen molar-refractivity contribution in [3.63, 3.8) is 0 Å². The highest BCUT2D eigenvalue weighted by molar-refractivity contribution is 8.02. The molecular formula is C17H22ClN4O6PS2. The van der Waals surface area contributed by atoms with Gasteiger partial charge in [-0.2, -0.15) is 0 Å². The molecule has 0 spiro atoms. The molecule has 0 aliphatic rings. The standard InChI is InChI=1S/C17H22ClN4O6PS2/c1-10(22(9-23)8-12-7-20-11(2)21-16(12)19)13(5-6-28-29(25,26)27)31-17(24)14-3-4-15(18)30-14/h3-4,7,9,24,31H,5-6,8H2,1-2H3,(H2,19,20,21)(H2,25,26,27)/b13-10-. The van der Waals surface area contributed by atoms with E-state index in [1.54, 1.807) is 26.0 Å². The quantitative estimate of drug-likeness (QED) is 0.141. The summed E-state index contributed by atoms with van der Waals surface area (Å²) in [5.74, 6) is 0.729. The number of carbonyl (C=O) groups is 1. The molecule has 2 heterocycles. The number of carbonyl (C=O) groups excluding carboxylic acids is 1. The Bertz CT molecular complexity index is 1050. The van der Waals surface area contributed by atoms with Crippen molar-refractivity contribution in [2.24, 2.45) is 0 Å². The Morgan fingerprint density at radius 3 is 2.71 bits per heavy atom. The summed E-state index contributed by atoms with van der Waals surface area (Å²) in [6, 6.07) is 3.29. The number of thiol groups is 1. The molecule has 0 aliphatic heterocycles. The maximum absolute atomic E-state index is 11.8. The fourth-order valence-electron chi connectivity index (χ4n) is 2.41. The van der Waals surface area contributed by atoms with Crippen LogP contribution in [-0.4, -0.2) is 47.8 Å². The number of phosphoric ester groups is 1. The number of rotatable bonds is 10. The SMILES string of the molecule is C/C(=C(CCOP(=O)(O)O)/[SH]=C(\O)c1ccc(Cl)s1)N(C=O)Cc1cnc(C)nc1N. The average Bonchev–Trinajstić information content (AvgIpc) is 3.11. The van der Waals surface area contributed by atoms with Crippen LogP contribution in [0.5, 0.6) is 0 Å². The first-order valence-corrected chi connectivity index (χ1v) is 12.3. The lowest BCUT2D eigenvalue weighted by molar-refractivity contribution is -0.116. The van der Waals surface area contributed by atoms with Gasteiger partial charge in [0.2, 0.25) is 6.41 Å². The fourth-order valence-corrected chi connectivity index (χ4v) is 4.84. The molecule has 2 rings (SSSR count). The van der Waals surface area contributed by atoms with Crippen LogP contribution in [0.3, 0.4) is 0 Å². The molecular weight excluding hydrogens is 487 g/mol. The molecule has 10 nitrogen and oxygen atoms in total. The van der Waals surface area contributed by atoms with Crippen molar-refractivity contribution in [3.8, 4) is 0 Å². The highest BCUT2D eigenvalue weighted by Crippen LogP contribution is 2.37. The molecule has 170 valence electrons. The lowest BCUT2D eigenvalue weighted by Gasteiger charge is -2.22. The number of anilines is 1. The van der Waals surface area contributed by atoms with Gasteiger partial charge >= 0.3 is 7.82 Å². The van der Waals surface area contributed by atoms with Crippen LogP contribution in [-0.2, 0) is 20.4 Å².